The Morgan fingerprint density at radius 3 is 2.11 bits per heavy atom. The van der Waals surface area contributed by atoms with Crippen LogP contribution < -0.4 is 14.2 Å². The van der Waals surface area contributed by atoms with Crippen LogP contribution in [0.2, 0.25) is 0 Å². The highest BCUT2D eigenvalue weighted by molar-refractivity contribution is 5.53. The summed E-state index contributed by atoms with van der Waals surface area (Å²) in [5.41, 5.74) is 0.731. The van der Waals surface area contributed by atoms with E-state index >= 15 is 0 Å². The van der Waals surface area contributed by atoms with Crippen LogP contribution in [0.15, 0.2) is 12.1 Å². The minimum atomic E-state index is -0.0619. The van der Waals surface area contributed by atoms with E-state index in [2.05, 4.69) is 4.90 Å². The quantitative estimate of drug-likeness (QED) is 0.725. The minimum absolute atomic E-state index is 0.0619. The number of benzene rings is 1. The molecule has 0 atom stereocenters. The number of hydrogen-bond acceptors (Lipinski definition) is 5. The third-order valence-electron chi connectivity index (χ3n) is 2.70. The van der Waals surface area contributed by atoms with Gasteiger partial charge in [0.2, 0.25) is 5.75 Å². The Hall–Kier alpha value is -1.46. The van der Waals surface area contributed by atoms with Crippen molar-refractivity contribution in [2.75, 3.05) is 41.5 Å². The van der Waals surface area contributed by atoms with Crippen LogP contribution in [0.4, 0.5) is 0 Å². The highest BCUT2D eigenvalue weighted by atomic mass is 16.5. The zero-order chi connectivity index (χ0) is 14.3. The van der Waals surface area contributed by atoms with Gasteiger partial charge in [-0.05, 0) is 38.2 Å². The topological polar surface area (TPSA) is 51.2 Å². The molecule has 19 heavy (non-hydrogen) atoms. The molecular weight excluding hydrogens is 246 g/mol. The van der Waals surface area contributed by atoms with Crippen molar-refractivity contribution in [1.29, 1.82) is 0 Å². The SMILES string of the molecule is COc1cc(CO)cc(OC)c1OCCCN(C)C. The van der Waals surface area contributed by atoms with E-state index in [-0.39, 0.29) is 6.61 Å². The van der Waals surface area contributed by atoms with E-state index in [4.69, 9.17) is 14.2 Å². The second-order valence-corrected chi connectivity index (χ2v) is 4.49. The van der Waals surface area contributed by atoms with E-state index in [1.165, 1.54) is 0 Å². The van der Waals surface area contributed by atoms with Crippen molar-refractivity contribution < 1.29 is 19.3 Å². The monoisotopic (exact) mass is 269 g/mol. The number of rotatable bonds is 8. The second-order valence-electron chi connectivity index (χ2n) is 4.49. The van der Waals surface area contributed by atoms with Crippen molar-refractivity contribution in [3.05, 3.63) is 17.7 Å². The molecule has 0 saturated heterocycles. The Morgan fingerprint density at radius 1 is 1.11 bits per heavy atom. The zero-order valence-electron chi connectivity index (χ0n) is 12.1. The maximum atomic E-state index is 9.19. The first kappa shape index (κ1) is 15.6. The maximum Gasteiger partial charge on any atom is 0.203 e. The Bertz CT molecular complexity index is 368. The summed E-state index contributed by atoms with van der Waals surface area (Å²) < 4.78 is 16.3. The van der Waals surface area contributed by atoms with Gasteiger partial charge in [0.05, 0.1) is 27.4 Å². The Labute approximate surface area is 114 Å². The second kappa shape index (κ2) is 7.86. The molecule has 0 saturated carbocycles. The van der Waals surface area contributed by atoms with Crippen molar-refractivity contribution in [1.82, 2.24) is 4.90 Å². The average Bonchev–Trinajstić information content (AvgIpc) is 2.42. The number of aliphatic hydroxyl groups is 1. The van der Waals surface area contributed by atoms with E-state index in [9.17, 15) is 5.11 Å². The standard InChI is InChI=1S/C14H23NO4/c1-15(2)6-5-7-19-14-12(17-3)8-11(10-16)9-13(14)18-4/h8-9,16H,5-7,10H2,1-4H3. The molecular formula is C14H23NO4. The molecule has 1 aromatic carbocycles. The summed E-state index contributed by atoms with van der Waals surface area (Å²) in [5.74, 6) is 1.74. The number of methoxy groups -OCH3 is 2. The van der Waals surface area contributed by atoms with Crippen LogP contribution in [0.1, 0.15) is 12.0 Å². The molecule has 5 nitrogen and oxygen atoms in total. The predicted molar refractivity (Wildman–Crippen MR) is 74.1 cm³/mol. The van der Waals surface area contributed by atoms with Crippen molar-refractivity contribution >= 4 is 0 Å². The highest BCUT2D eigenvalue weighted by Crippen LogP contribution is 2.38. The lowest BCUT2D eigenvalue weighted by molar-refractivity contribution is 0.251. The fourth-order valence-corrected chi connectivity index (χ4v) is 1.72. The number of hydrogen-bond donors (Lipinski definition) is 1. The van der Waals surface area contributed by atoms with Gasteiger partial charge < -0.3 is 24.2 Å². The average molecular weight is 269 g/mol. The molecule has 0 fully saturated rings. The molecule has 1 rings (SSSR count). The van der Waals surface area contributed by atoms with E-state index < -0.39 is 0 Å². The van der Waals surface area contributed by atoms with Crippen molar-refractivity contribution in [3.8, 4) is 17.2 Å². The molecule has 1 N–H and O–H groups in total. The van der Waals surface area contributed by atoms with Gasteiger partial charge in [-0.3, -0.25) is 0 Å². The molecule has 0 amide bonds. The highest BCUT2D eigenvalue weighted by Gasteiger charge is 2.13. The van der Waals surface area contributed by atoms with E-state index in [0.717, 1.165) is 18.5 Å². The van der Waals surface area contributed by atoms with Gasteiger partial charge in [0.15, 0.2) is 11.5 Å². The van der Waals surface area contributed by atoms with Crippen LogP contribution in [0.3, 0.4) is 0 Å². The summed E-state index contributed by atoms with van der Waals surface area (Å²) in [7, 11) is 7.19. The molecule has 0 heterocycles. The Balaban J connectivity index is 2.79. The molecule has 5 heteroatoms. The van der Waals surface area contributed by atoms with Crippen molar-refractivity contribution in [2.45, 2.75) is 13.0 Å². The zero-order valence-corrected chi connectivity index (χ0v) is 12.1. The first-order chi connectivity index (χ1) is 9.12. The summed E-state index contributed by atoms with van der Waals surface area (Å²) >= 11 is 0. The molecule has 0 radical (unpaired) electrons. The molecule has 0 aliphatic rings. The Kier molecular flexibility index (Phi) is 6.45. The van der Waals surface area contributed by atoms with Gasteiger partial charge in [0.1, 0.15) is 0 Å². The maximum absolute atomic E-state index is 9.19. The van der Waals surface area contributed by atoms with Gasteiger partial charge in [0, 0.05) is 6.54 Å². The van der Waals surface area contributed by atoms with E-state index in [1.54, 1.807) is 26.4 Å². The third-order valence-corrected chi connectivity index (χ3v) is 2.70. The molecule has 0 unspecified atom stereocenters. The van der Waals surface area contributed by atoms with Crippen molar-refractivity contribution in [3.63, 3.8) is 0 Å². The van der Waals surface area contributed by atoms with Gasteiger partial charge in [0.25, 0.3) is 0 Å². The summed E-state index contributed by atoms with van der Waals surface area (Å²) in [6.07, 6.45) is 0.918. The first-order valence-corrected chi connectivity index (χ1v) is 6.25. The lowest BCUT2D eigenvalue weighted by atomic mass is 10.2. The summed E-state index contributed by atoms with van der Waals surface area (Å²) in [6.45, 7) is 1.48. The van der Waals surface area contributed by atoms with Crippen LogP contribution in [-0.2, 0) is 6.61 Å². The van der Waals surface area contributed by atoms with E-state index in [0.29, 0.717) is 23.9 Å². The van der Waals surface area contributed by atoms with Gasteiger partial charge in [-0.25, -0.2) is 0 Å². The predicted octanol–water partition coefficient (Wildman–Crippen LogP) is 1.53. The molecule has 0 aliphatic carbocycles. The summed E-state index contributed by atoms with van der Waals surface area (Å²) in [5, 5.41) is 9.19. The van der Waals surface area contributed by atoms with Gasteiger partial charge in [-0.2, -0.15) is 0 Å². The minimum Gasteiger partial charge on any atom is -0.493 e. The molecule has 0 aliphatic heterocycles. The molecule has 108 valence electrons. The van der Waals surface area contributed by atoms with Crippen LogP contribution >= 0.6 is 0 Å². The molecule has 1 aromatic rings. The molecule has 0 bridgehead atoms. The van der Waals surface area contributed by atoms with Crippen LogP contribution in [-0.4, -0.2) is 51.5 Å². The number of nitrogens with zero attached hydrogens (tertiary/aromatic N) is 1. The van der Waals surface area contributed by atoms with Crippen LogP contribution in [0, 0.1) is 0 Å². The smallest absolute Gasteiger partial charge is 0.203 e. The summed E-state index contributed by atoms with van der Waals surface area (Å²) in [6, 6.07) is 3.51. The van der Waals surface area contributed by atoms with E-state index in [1.807, 2.05) is 14.1 Å². The fourth-order valence-electron chi connectivity index (χ4n) is 1.72. The third kappa shape index (κ3) is 4.61. The molecule has 0 spiro atoms. The van der Waals surface area contributed by atoms with Crippen molar-refractivity contribution in [2.24, 2.45) is 0 Å². The number of ether oxygens (including phenoxy) is 3. The number of aliphatic hydroxyl groups excluding tert-OH is 1. The van der Waals surface area contributed by atoms with Crippen LogP contribution in [0.5, 0.6) is 17.2 Å². The largest absolute Gasteiger partial charge is 0.493 e. The van der Waals surface area contributed by atoms with Gasteiger partial charge >= 0.3 is 0 Å². The van der Waals surface area contributed by atoms with Gasteiger partial charge in [-0.1, -0.05) is 0 Å². The Morgan fingerprint density at radius 2 is 1.68 bits per heavy atom. The lowest BCUT2D eigenvalue weighted by Crippen LogP contribution is -2.15. The molecule has 0 aromatic heterocycles. The summed E-state index contributed by atoms with van der Waals surface area (Å²) in [4.78, 5) is 2.10. The normalized spacial score (nSPS) is 10.6. The van der Waals surface area contributed by atoms with Gasteiger partial charge in [-0.15, -0.1) is 0 Å². The van der Waals surface area contributed by atoms with Crippen LogP contribution in [0.25, 0.3) is 0 Å². The lowest BCUT2D eigenvalue weighted by Gasteiger charge is -2.16. The fraction of sp³-hybridized carbons (Fsp3) is 0.571. The first-order valence-electron chi connectivity index (χ1n) is 6.25.